The van der Waals surface area contributed by atoms with E-state index in [1.807, 2.05) is 18.2 Å². The highest BCUT2D eigenvalue weighted by molar-refractivity contribution is 14.0. The van der Waals surface area contributed by atoms with Crippen LogP contribution in [0.2, 0.25) is 0 Å². The van der Waals surface area contributed by atoms with E-state index in [1.54, 1.807) is 0 Å². The number of nitrogens with one attached hydrogen (secondary N) is 1. The van der Waals surface area contributed by atoms with Gasteiger partial charge in [-0.25, -0.2) is 4.99 Å². The molecular formula is C19H21BrIN3O. The van der Waals surface area contributed by atoms with Gasteiger partial charge in [-0.2, -0.15) is 0 Å². The maximum absolute atomic E-state index is 6.16. The number of aliphatic imine (C=N–C) groups is 1. The first kappa shape index (κ1) is 18.5. The van der Waals surface area contributed by atoms with Crippen molar-refractivity contribution in [2.75, 3.05) is 6.61 Å². The largest absolute Gasteiger partial charge is 0.493 e. The van der Waals surface area contributed by atoms with Crippen LogP contribution in [0, 0.1) is 0 Å². The van der Waals surface area contributed by atoms with Crippen LogP contribution in [-0.2, 0) is 0 Å². The topological polar surface area (TPSA) is 59.6 Å². The van der Waals surface area contributed by atoms with Gasteiger partial charge in [0, 0.05) is 28.4 Å². The van der Waals surface area contributed by atoms with Crippen LogP contribution in [-0.4, -0.2) is 18.6 Å². The van der Waals surface area contributed by atoms with Crippen LogP contribution in [0.15, 0.2) is 58.0 Å². The van der Waals surface area contributed by atoms with Gasteiger partial charge in [0.15, 0.2) is 5.96 Å². The number of benzene rings is 2. The van der Waals surface area contributed by atoms with Crippen molar-refractivity contribution >= 4 is 45.9 Å². The highest BCUT2D eigenvalue weighted by Crippen LogP contribution is 2.41. The predicted molar refractivity (Wildman–Crippen MR) is 115 cm³/mol. The number of hydrogen-bond donors (Lipinski definition) is 2. The van der Waals surface area contributed by atoms with Crippen LogP contribution in [0.5, 0.6) is 5.75 Å². The van der Waals surface area contributed by atoms with Crippen molar-refractivity contribution in [1.29, 1.82) is 0 Å². The fourth-order valence-electron chi connectivity index (χ4n) is 3.29. The minimum atomic E-state index is 0. The molecule has 0 radical (unpaired) electrons. The van der Waals surface area contributed by atoms with Gasteiger partial charge in [-0.1, -0.05) is 46.3 Å². The van der Waals surface area contributed by atoms with Crippen molar-refractivity contribution in [1.82, 2.24) is 5.32 Å². The Morgan fingerprint density at radius 2 is 1.92 bits per heavy atom. The molecule has 1 fully saturated rings. The molecule has 3 N–H and O–H groups in total. The number of para-hydroxylation sites is 1. The molecule has 25 heavy (non-hydrogen) atoms. The highest BCUT2D eigenvalue weighted by atomic mass is 127. The van der Waals surface area contributed by atoms with E-state index >= 15 is 0 Å². The lowest BCUT2D eigenvalue weighted by Crippen LogP contribution is -2.35. The van der Waals surface area contributed by atoms with E-state index in [0.29, 0.717) is 24.5 Å². The Hall–Kier alpha value is -1.28. The zero-order chi connectivity index (χ0) is 16.5. The molecule has 2 aromatic carbocycles. The molecule has 1 unspecified atom stereocenters. The summed E-state index contributed by atoms with van der Waals surface area (Å²) in [4.78, 5) is 4.70. The Balaban J connectivity index is 0.00000182. The van der Waals surface area contributed by atoms with Crippen molar-refractivity contribution < 1.29 is 4.74 Å². The molecule has 0 spiro atoms. The second kappa shape index (κ2) is 7.95. The lowest BCUT2D eigenvalue weighted by atomic mass is 10.0. The molecule has 2 aromatic rings. The fourth-order valence-corrected chi connectivity index (χ4v) is 3.55. The summed E-state index contributed by atoms with van der Waals surface area (Å²) in [6.07, 6.45) is 1.96. The highest BCUT2D eigenvalue weighted by Gasteiger charge is 2.38. The Bertz CT molecular complexity index is 766. The number of nitrogens with two attached hydrogens (primary N) is 1. The van der Waals surface area contributed by atoms with E-state index in [1.165, 1.54) is 5.56 Å². The standard InChI is InChI=1S/C19H20BrN3O.HI/c20-13-7-5-12(6-8-13)15-11-17(15)23-19(21)22-16-9-10-24-18-4-2-1-3-14(16)18;/h1-8,15-17H,9-11H2,(H3,21,22,23);1H/t15-,16?,17+;/m0./s1. The molecule has 4 rings (SSSR count). The summed E-state index contributed by atoms with van der Waals surface area (Å²) in [6, 6.07) is 17.0. The second-order valence-corrected chi connectivity index (χ2v) is 7.27. The Labute approximate surface area is 173 Å². The van der Waals surface area contributed by atoms with Crippen LogP contribution in [0.3, 0.4) is 0 Å². The van der Waals surface area contributed by atoms with E-state index in [4.69, 9.17) is 15.5 Å². The minimum absolute atomic E-state index is 0. The van der Waals surface area contributed by atoms with Gasteiger partial charge in [0.25, 0.3) is 0 Å². The van der Waals surface area contributed by atoms with Gasteiger partial charge in [-0.15, -0.1) is 24.0 Å². The Kier molecular flexibility index (Phi) is 5.89. The van der Waals surface area contributed by atoms with Crippen molar-refractivity contribution in [3.63, 3.8) is 0 Å². The average molecular weight is 514 g/mol. The summed E-state index contributed by atoms with van der Waals surface area (Å²) in [5.74, 6) is 1.97. The van der Waals surface area contributed by atoms with Gasteiger partial charge in [0.1, 0.15) is 5.75 Å². The molecule has 1 heterocycles. The van der Waals surface area contributed by atoms with E-state index < -0.39 is 0 Å². The fraction of sp³-hybridized carbons (Fsp3) is 0.316. The van der Waals surface area contributed by atoms with Gasteiger partial charge < -0.3 is 15.8 Å². The van der Waals surface area contributed by atoms with Gasteiger partial charge in [0.2, 0.25) is 0 Å². The summed E-state index contributed by atoms with van der Waals surface area (Å²) in [7, 11) is 0. The van der Waals surface area contributed by atoms with Crippen molar-refractivity contribution in [2.45, 2.75) is 30.8 Å². The zero-order valence-corrected chi connectivity index (χ0v) is 17.6. The van der Waals surface area contributed by atoms with Crippen LogP contribution >= 0.6 is 39.9 Å². The second-order valence-electron chi connectivity index (χ2n) is 6.35. The lowest BCUT2D eigenvalue weighted by molar-refractivity contribution is 0.269. The maximum atomic E-state index is 6.16. The first-order valence-electron chi connectivity index (χ1n) is 8.28. The third-order valence-corrected chi connectivity index (χ3v) is 5.17. The first-order chi connectivity index (χ1) is 11.7. The summed E-state index contributed by atoms with van der Waals surface area (Å²) < 4.78 is 6.79. The molecule has 0 aromatic heterocycles. The molecule has 132 valence electrons. The van der Waals surface area contributed by atoms with Crippen molar-refractivity contribution in [3.8, 4) is 5.75 Å². The van der Waals surface area contributed by atoms with E-state index in [-0.39, 0.29) is 30.0 Å². The number of fused-ring (bicyclic) bond motifs is 1. The third-order valence-electron chi connectivity index (χ3n) is 4.64. The normalized spacial score (nSPS) is 24.5. The average Bonchev–Trinajstić information content (AvgIpc) is 3.35. The summed E-state index contributed by atoms with van der Waals surface area (Å²) in [5.41, 5.74) is 8.62. The zero-order valence-electron chi connectivity index (χ0n) is 13.7. The predicted octanol–water partition coefficient (Wildman–Crippen LogP) is 4.35. The van der Waals surface area contributed by atoms with Crippen LogP contribution in [0.25, 0.3) is 0 Å². The number of hydrogen-bond acceptors (Lipinski definition) is 2. The molecule has 0 amide bonds. The van der Waals surface area contributed by atoms with E-state index in [2.05, 4.69) is 51.6 Å². The van der Waals surface area contributed by atoms with Crippen molar-refractivity contribution in [3.05, 3.63) is 64.1 Å². The van der Waals surface area contributed by atoms with E-state index in [0.717, 1.165) is 28.6 Å². The van der Waals surface area contributed by atoms with E-state index in [9.17, 15) is 0 Å². The molecular weight excluding hydrogens is 493 g/mol. The molecule has 0 bridgehead atoms. The molecule has 3 atom stereocenters. The van der Waals surface area contributed by atoms with Gasteiger partial charge >= 0.3 is 0 Å². The minimum Gasteiger partial charge on any atom is -0.493 e. The number of ether oxygens (including phenoxy) is 1. The third kappa shape index (κ3) is 4.28. The SMILES string of the molecule is I.NC(=NC1CCOc2ccccc21)N[C@@H]1C[C@H]1c1ccc(Br)cc1. The molecule has 1 aliphatic carbocycles. The summed E-state index contributed by atoms with van der Waals surface area (Å²) in [5, 5.41) is 3.37. The number of halogens is 2. The Morgan fingerprint density at radius 3 is 2.72 bits per heavy atom. The molecule has 1 aliphatic heterocycles. The molecule has 4 nitrogen and oxygen atoms in total. The first-order valence-corrected chi connectivity index (χ1v) is 9.07. The Morgan fingerprint density at radius 1 is 1.16 bits per heavy atom. The summed E-state index contributed by atoms with van der Waals surface area (Å²) >= 11 is 3.47. The molecule has 0 saturated heterocycles. The van der Waals surface area contributed by atoms with Crippen LogP contribution in [0.1, 0.15) is 35.9 Å². The lowest BCUT2D eigenvalue weighted by Gasteiger charge is -2.23. The smallest absolute Gasteiger partial charge is 0.189 e. The van der Waals surface area contributed by atoms with Crippen LogP contribution in [0.4, 0.5) is 0 Å². The quantitative estimate of drug-likeness (QED) is 0.364. The monoisotopic (exact) mass is 513 g/mol. The van der Waals surface area contributed by atoms with Crippen molar-refractivity contribution in [2.24, 2.45) is 10.7 Å². The molecule has 1 saturated carbocycles. The van der Waals surface area contributed by atoms with Gasteiger partial charge in [0.05, 0.1) is 12.6 Å². The van der Waals surface area contributed by atoms with Gasteiger partial charge in [-0.3, -0.25) is 0 Å². The number of guanidine groups is 1. The maximum Gasteiger partial charge on any atom is 0.189 e. The molecule has 2 aliphatic rings. The van der Waals surface area contributed by atoms with Gasteiger partial charge in [-0.05, 0) is 30.2 Å². The van der Waals surface area contributed by atoms with Crippen LogP contribution < -0.4 is 15.8 Å². The number of rotatable bonds is 3. The molecule has 6 heteroatoms. The number of nitrogens with zero attached hydrogens (tertiary/aromatic N) is 1. The summed E-state index contributed by atoms with van der Waals surface area (Å²) in [6.45, 7) is 0.684.